The Morgan fingerprint density at radius 2 is 1.91 bits per heavy atom. The summed E-state index contributed by atoms with van der Waals surface area (Å²) >= 11 is 0. The molecule has 0 spiro atoms. The van der Waals surface area contributed by atoms with Gasteiger partial charge >= 0.3 is 0 Å². The van der Waals surface area contributed by atoms with E-state index in [1.165, 1.54) is 0 Å². The normalized spacial score (nSPS) is 10.7. The molecular formula is C16H16N4O3. The highest BCUT2D eigenvalue weighted by atomic mass is 16.5. The molecule has 0 atom stereocenters. The minimum Gasteiger partial charge on any atom is -0.361 e. The second kappa shape index (κ2) is 6.43. The number of hydrogen-bond acceptors (Lipinski definition) is 6. The van der Waals surface area contributed by atoms with Crippen LogP contribution in [0.3, 0.4) is 0 Å². The minimum atomic E-state index is -0.112. The molecule has 3 rings (SSSR count). The van der Waals surface area contributed by atoms with Gasteiger partial charge in [-0.05, 0) is 12.5 Å². The molecule has 1 aromatic carbocycles. The van der Waals surface area contributed by atoms with E-state index < -0.39 is 0 Å². The van der Waals surface area contributed by atoms with Crippen LogP contribution in [0.2, 0.25) is 0 Å². The first-order valence-corrected chi connectivity index (χ1v) is 7.18. The molecule has 0 fully saturated rings. The summed E-state index contributed by atoms with van der Waals surface area (Å²) in [7, 11) is 0. The van der Waals surface area contributed by atoms with Crippen molar-refractivity contribution >= 4 is 5.91 Å². The first-order valence-electron chi connectivity index (χ1n) is 7.18. The molecule has 3 aromatic rings. The lowest BCUT2D eigenvalue weighted by atomic mass is 10.1. The number of rotatable bonds is 5. The zero-order valence-electron chi connectivity index (χ0n) is 12.9. The largest absolute Gasteiger partial charge is 0.361 e. The average Bonchev–Trinajstić information content (AvgIpc) is 3.14. The van der Waals surface area contributed by atoms with E-state index >= 15 is 0 Å². The van der Waals surface area contributed by atoms with Gasteiger partial charge in [-0.15, -0.1) is 0 Å². The number of aromatic nitrogens is 3. The van der Waals surface area contributed by atoms with Crippen molar-refractivity contribution in [2.24, 2.45) is 0 Å². The third-order valence-electron chi connectivity index (χ3n) is 3.24. The average molecular weight is 312 g/mol. The van der Waals surface area contributed by atoms with Gasteiger partial charge in [-0.2, -0.15) is 4.98 Å². The fourth-order valence-corrected chi connectivity index (χ4v) is 2.11. The molecule has 2 heterocycles. The molecule has 0 aliphatic heterocycles. The van der Waals surface area contributed by atoms with Crippen molar-refractivity contribution in [3.05, 3.63) is 53.2 Å². The summed E-state index contributed by atoms with van der Waals surface area (Å²) in [4.78, 5) is 16.0. The molecule has 0 aliphatic rings. The molecule has 23 heavy (non-hydrogen) atoms. The van der Waals surface area contributed by atoms with E-state index in [1.54, 1.807) is 13.0 Å². The lowest BCUT2D eigenvalue weighted by Gasteiger charge is -2.04. The Morgan fingerprint density at radius 1 is 1.13 bits per heavy atom. The Morgan fingerprint density at radius 3 is 2.52 bits per heavy atom. The third-order valence-corrected chi connectivity index (χ3v) is 3.24. The SMILES string of the molecule is Cc1cc(CC(=O)NCc2ccc(-c3noc(C)n3)cc2)on1. The van der Waals surface area contributed by atoms with Crippen LogP contribution in [-0.4, -0.2) is 21.2 Å². The van der Waals surface area contributed by atoms with E-state index in [0.717, 1.165) is 16.8 Å². The smallest absolute Gasteiger partial charge is 0.227 e. The van der Waals surface area contributed by atoms with Crippen LogP contribution in [0.4, 0.5) is 0 Å². The van der Waals surface area contributed by atoms with Crippen LogP contribution in [0, 0.1) is 13.8 Å². The number of amides is 1. The topological polar surface area (TPSA) is 94.1 Å². The maximum atomic E-state index is 11.9. The maximum absolute atomic E-state index is 11.9. The summed E-state index contributed by atoms with van der Waals surface area (Å²) in [5, 5.41) is 10.5. The Bertz CT molecular complexity index is 805. The monoisotopic (exact) mass is 312 g/mol. The van der Waals surface area contributed by atoms with Crippen molar-refractivity contribution in [1.29, 1.82) is 0 Å². The molecule has 118 valence electrons. The fraction of sp³-hybridized carbons (Fsp3) is 0.250. The number of carbonyl (C=O) groups excluding carboxylic acids is 1. The molecule has 2 aromatic heterocycles. The van der Waals surface area contributed by atoms with E-state index in [0.29, 0.717) is 24.0 Å². The van der Waals surface area contributed by atoms with Crippen molar-refractivity contribution in [3.8, 4) is 11.4 Å². The highest BCUT2D eigenvalue weighted by Crippen LogP contribution is 2.16. The minimum absolute atomic E-state index is 0.112. The van der Waals surface area contributed by atoms with Crippen molar-refractivity contribution in [2.75, 3.05) is 0 Å². The van der Waals surface area contributed by atoms with Crippen LogP contribution in [0.15, 0.2) is 39.4 Å². The first kappa shape index (κ1) is 15.0. The van der Waals surface area contributed by atoms with Gasteiger partial charge in [0.1, 0.15) is 5.76 Å². The molecule has 0 saturated heterocycles. The Balaban J connectivity index is 1.55. The molecule has 0 bridgehead atoms. The summed E-state index contributed by atoms with van der Waals surface area (Å²) in [5.41, 5.74) is 2.62. The highest BCUT2D eigenvalue weighted by Gasteiger charge is 2.09. The van der Waals surface area contributed by atoms with Crippen LogP contribution in [0.25, 0.3) is 11.4 Å². The zero-order chi connectivity index (χ0) is 16.2. The van der Waals surface area contributed by atoms with Gasteiger partial charge in [-0.1, -0.05) is 34.6 Å². The summed E-state index contributed by atoms with van der Waals surface area (Å²) in [6, 6.07) is 9.37. The molecule has 0 radical (unpaired) electrons. The van der Waals surface area contributed by atoms with Crippen LogP contribution < -0.4 is 5.32 Å². The Labute approximate surface area is 132 Å². The second-order valence-corrected chi connectivity index (χ2v) is 5.22. The quantitative estimate of drug-likeness (QED) is 0.776. The lowest BCUT2D eigenvalue weighted by molar-refractivity contribution is -0.120. The Hall–Kier alpha value is -2.96. The lowest BCUT2D eigenvalue weighted by Crippen LogP contribution is -2.24. The second-order valence-electron chi connectivity index (χ2n) is 5.22. The third kappa shape index (κ3) is 3.82. The van der Waals surface area contributed by atoms with Gasteiger partial charge in [0.2, 0.25) is 17.6 Å². The van der Waals surface area contributed by atoms with Gasteiger partial charge in [0, 0.05) is 25.1 Å². The van der Waals surface area contributed by atoms with Gasteiger partial charge in [0.05, 0.1) is 12.1 Å². The molecule has 0 aliphatic carbocycles. The fourth-order valence-electron chi connectivity index (χ4n) is 2.11. The molecular weight excluding hydrogens is 296 g/mol. The predicted octanol–water partition coefficient (Wildman–Crippen LogP) is 2.20. The number of hydrogen-bond donors (Lipinski definition) is 1. The number of carbonyl (C=O) groups is 1. The van der Waals surface area contributed by atoms with Gasteiger partial charge in [-0.25, -0.2) is 0 Å². The molecule has 7 heteroatoms. The molecule has 0 unspecified atom stereocenters. The standard InChI is InChI=1S/C16H16N4O3/c1-10-7-14(23-19-10)8-15(21)17-9-12-3-5-13(6-4-12)16-18-11(2)22-20-16/h3-7H,8-9H2,1-2H3,(H,17,21). The van der Waals surface area contributed by atoms with Crippen molar-refractivity contribution < 1.29 is 13.8 Å². The Kier molecular flexibility index (Phi) is 4.18. The summed E-state index contributed by atoms with van der Waals surface area (Å²) in [6.45, 7) is 4.01. The van der Waals surface area contributed by atoms with Crippen molar-refractivity contribution in [3.63, 3.8) is 0 Å². The van der Waals surface area contributed by atoms with Gasteiger partial charge < -0.3 is 14.4 Å². The molecule has 1 N–H and O–H groups in total. The van der Waals surface area contributed by atoms with Gasteiger partial charge in [-0.3, -0.25) is 4.79 Å². The van der Waals surface area contributed by atoms with E-state index in [1.807, 2.05) is 31.2 Å². The van der Waals surface area contributed by atoms with Gasteiger partial charge in [0.25, 0.3) is 0 Å². The van der Waals surface area contributed by atoms with Crippen LogP contribution in [0.5, 0.6) is 0 Å². The summed E-state index contributed by atoms with van der Waals surface area (Å²) < 4.78 is 9.97. The van der Waals surface area contributed by atoms with E-state index in [2.05, 4.69) is 20.6 Å². The van der Waals surface area contributed by atoms with Crippen LogP contribution in [-0.2, 0) is 17.8 Å². The van der Waals surface area contributed by atoms with E-state index in [-0.39, 0.29) is 12.3 Å². The van der Waals surface area contributed by atoms with E-state index in [9.17, 15) is 4.79 Å². The number of nitrogens with one attached hydrogen (secondary N) is 1. The number of benzene rings is 1. The first-order chi connectivity index (χ1) is 11.1. The predicted molar refractivity (Wildman–Crippen MR) is 81.3 cm³/mol. The van der Waals surface area contributed by atoms with Crippen molar-refractivity contribution in [1.82, 2.24) is 20.6 Å². The van der Waals surface area contributed by atoms with Crippen LogP contribution >= 0.6 is 0 Å². The summed E-state index contributed by atoms with van der Waals surface area (Å²) in [5.74, 6) is 1.53. The number of aryl methyl sites for hydroxylation is 2. The van der Waals surface area contributed by atoms with Gasteiger partial charge in [0.15, 0.2) is 0 Å². The zero-order valence-corrected chi connectivity index (χ0v) is 12.9. The highest BCUT2D eigenvalue weighted by molar-refractivity contribution is 5.77. The van der Waals surface area contributed by atoms with Crippen molar-refractivity contribution in [2.45, 2.75) is 26.8 Å². The summed E-state index contributed by atoms with van der Waals surface area (Å²) in [6.07, 6.45) is 0.182. The molecule has 7 nitrogen and oxygen atoms in total. The molecule has 1 amide bonds. The number of nitrogens with zero attached hydrogens (tertiary/aromatic N) is 3. The van der Waals surface area contributed by atoms with Crippen LogP contribution in [0.1, 0.15) is 22.9 Å². The maximum Gasteiger partial charge on any atom is 0.227 e. The van der Waals surface area contributed by atoms with E-state index in [4.69, 9.17) is 9.05 Å². The molecule has 0 saturated carbocycles.